The Bertz CT molecular complexity index is 658. The molecule has 110 valence electrons. The van der Waals surface area contributed by atoms with Crippen LogP contribution in [-0.2, 0) is 6.54 Å². The summed E-state index contributed by atoms with van der Waals surface area (Å²) in [6, 6.07) is 11.3. The second-order valence-electron chi connectivity index (χ2n) is 4.65. The molecule has 0 aliphatic heterocycles. The molecule has 21 heavy (non-hydrogen) atoms. The number of ether oxygens (including phenoxy) is 1. The van der Waals surface area contributed by atoms with Gasteiger partial charge in [-0.3, -0.25) is 0 Å². The molecule has 0 heterocycles. The highest BCUT2D eigenvalue weighted by atomic mass is 19.1. The van der Waals surface area contributed by atoms with Crippen LogP contribution in [-0.4, -0.2) is 25.2 Å². The summed E-state index contributed by atoms with van der Waals surface area (Å²) >= 11 is 0. The molecule has 0 aliphatic carbocycles. The summed E-state index contributed by atoms with van der Waals surface area (Å²) < 4.78 is 18.8. The van der Waals surface area contributed by atoms with Crippen LogP contribution in [0.1, 0.15) is 15.9 Å². The summed E-state index contributed by atoms with van der Waals surface area (Å²) in [5.74, 6) is -1.04. The number of hydrogen-bond acceptors (Lipinski definition) is 3. The van der Waals surface area contributed by atoms with Gasteiger partial charge >= 0.3 is 5.97 Å². The van der Waals surface area contributed by atoms with Gasteiger partial charge in [0.1, 0.15) is 17.1 Å². The van der Waals surface area contributed by atoms with E-state index in [1.165, 1.54) is 19.2 Å². The third-order valence-electron chi connectivity index (χ3n) is 3.18. The zero-order valence-electron chi connectivity index (χ0n) is 11.8. The van der Waals surface area contributed by atoms with Crippen molar-refractivity contribution in [1.82, 2.24) is 0 Å². The van der Waals surface area contributed by atoms with Gasteiger partial charge in [0.25, 0.3) is 0 Å². The highest BCUT2D eigenvalue weighted by molar-refractivity contribution is 5.91. The van der Waals surface area contributed by atoms with Gasteiger partial charge in [-0.2, -0.15) is 0 Å². The number of rotatable bonds is 5. The van der Waals surface area contributed by atoms with Crippen molar-refractivity contribution in [2.45, 2.75) is 6.54 Å². The van der Waals surface area contributed by atoms with E-state index in [0.29, 0.717) is 18.0 Å². The zero-order valence-corrected chi connectivity index (χ0v) is 11.8. The molecular weight excluding hydrogens is 273 g/mol. The van der Waals surface area contributed by atoms with Crippen molar-refractivity contribution in [2.24, 2.45) is 0 Å². The molecule has 0 radical (unpaired) electrons. The molecule has 0 spiro atoms. The Morgan fingerprint density at radius 2 is 2.00 bits per heavy atom. The number of para-hydroxylation sites is 1. The first-order chi connectivity index (χ1) is 10.0. The number of anilines is 1. The minimum atomic E-state index is -1.04. The SMILES string of the molecule is COc1cc(CN(C)c2ccccc2F)ccc1C(=O)O. The van der Waals surface area contributed by atoms with Gasteiger partial charge in [0, 0.05) is 13.6 Å². The monoisotopic (exact) mass is 289 g/mol. The van der Waals surface area contributed by atoms with Crippen molar-refractivity contribution in [1.29, 1.82) is 0 Å². The molecule has 2 rings (SSSR count). The fourth-order valence-electron chi connectivity index (χ4n) is 2.13. The lowest BCUT2D eigenvalue weighted by atomic mass is 10.1. The average Bonchev–Trinajstić information content (AvgIpc) is 2.47. The first kappa shape index (κ1) is 14.8. The molecule has 0 saturated carbocycles. The molecule has 0 fully saturated rings. The van der Waals surface area contributed by atoms with E-state index in [2.05, 4.69) is 0 Å². The van der Waals surface area contributed by atoms with Crippen molar-refractivity contribution in [3.8, 4) is 5.75 Å². The predicted octanol–water partition coefficient (Wildman–Crippen LogP) is 3.17. The molecule has 0 saturated heterocycles. The standard InChI is InChI=1S/C16H16FNO3/c1-18(14-6-4-3-5-13(14)17)10-11-7-8-12(16(19)20)15(9-11)21-2/h3-9H,10H2,1-2H3,(H,19,20). The van der Waals surface area contributed by atoms with Crippen LogP contribution in [0.15, 0.2) is 42.5 Å². The molecule has 0 unspecified atom stereocenters. The number of carboxylic acids is 1. The molecule has 2 aromatic carbocycles. The van der Waals surface area contributed by atoms with E-state index in [1.54, 1.807) is 42.3 Å². The lowest BCUT2D eigenvalue weighted by Gasteiger charge is -2.20. The van der Waals surface area contributed by atoms with Crippen molar-refractivity contribution in [2.75, 3.05) is 19.1 Å². The third kappa shape index (κ3) is 3.31. The van der Waals surface area contributed by atoms with Gasteiger partial charge in [-0.05, 0) is 29.8 Å². The van der Waals surface area contributed by atoms with Gasteiger partial charge in [-0.25, -0.2) is 9.18 Å². The van der Waals surface area contributed by atoms with Crippen LogP contribution < -0.4 is 9.64 Å². The largest absolute Gasteiger partial charge is 0.496 e. The van der Waals surface area contributed by atoms with Gasteiger partial charge in [0.05, 0.1) is 12.8 Å². The van der Waals surface area contributed by atoms with E-state index >= 15 is 0 Å². The average molecular weight is 289 g/mol. The number of hydrogen-bond donors (Lipinski definition) is 1. The maximum absolute atomic E-state index is 13.7. The summed E-state index contributed by atoms with van der Waals surface area (Å²) in [6.45, 7) is 0.442. The number of methoxy groups -OCH3 is 1. The molecule has 0 atom stereocenters. The van der Waals surface area contributed by atoms with Crippen LogP contribution in [0.5, 0.6) is 5.75 Å². The summed E-state index contributed by atoms with van der Waals surface area (Å²) in [5, 5.41) is 9.04. The van der Waals surface area contributed by atoms with E-state index in [-0.39, 0.29) is 11.4 Å². The van der Waals surface area contributed by atoms with Crippen molar-refractivity contribution in [3.63, 3.8) is 0 Å². The smallest absolute Gasteiger partial charge is 0.339 e. The molecule has 2 aromatic rings. The van der Waals surface area contributed by atoms with Gasteiger partial charge in [-0.1, -0.05) is 18.2 Å². The van der Waals surface area contributed by atoms with E-state index < -0.39 is 5.97 Å². The third-order valence-corrected chi connectivity index (χ3v) is 3.18. The van der Waals surface area contributed by atoms with Crippen LogP contribution in [0, 0.1) is 5.82 Å². The Kier molecular flexibility index (Phi) is 4.42. The first-order valence-corrected chi connectivity index (χ1v) is 6.39. The Morgan fingerprint density at radius 1 is 1.29 bits per heavy atom. The molecule has 5 heteroatoms. The second kappa shape index (κ2) is 6.26. The maximum Gasteiger partial charge on any atom is 0.339 e. The Labute approximate surface area is 122 Å². The Hall–Kier alpha value is -2.56. The van der Waals surface area contributed by atoms with Crippen molar-refractivity contribution in [3.05, 3.63) is 59.4 Å². The molecule has 0 aromatic heterocycles. The Balaban J connectivity index is 2.24. The van der Waals surface area contributed by atoms with Crippen LogP contribution in [0.2, 0.25) is 0 Å². The van der Waals surface area contributed by atoms with Gasteiger partial charge in [0.15, 0.2) is 0 Å². The fraction of sp³-hybridized carbons (Fsp3) is 0.188. The summed E-state index contributed by atoms with van der Waals surface area (Å²) in [4.78, 5) is 12.8. The normalized spacial score (nSPS) is 10.2. The number of nitrogens with zero attached hydrogens (tertiary/aromatic N) is 1. The molecule has 0 amide bonds. The van der Waals surface area contributed by atoms with E-state index in [9.17, 15) is 9.18 Å². The van der Waals surface area contributed by atoms with Crippen LogP contribution >= 0.6 is 0 Å². The van der Waals surface area contributed by atoms with Crippen molar-refractivity contribution < 1.29 is 19.0 Å². The zero-order chi connectivity index (χ0) is 15.4. The molecule has 0 aliphatic rings. The minimum Gasteiger partial charge on any atom is -0.496 e. The molecule has 4 nitrogen and oxygen atoms in total. The lowest BCUT2D eigenvalue weighted by molar-refractivity contribution is 0.0693. The summed E-state index contributed by atoms with van der Waals surface area (Å²) in [7, 11) is 3.20. The van der Waals surface area contributed by atoms with Gasteiger partial charge in [-0.15, -0.1) is 0 Å². The molecular formula is C16H16FNO3. The second-order valence-corrected chi connectivity index (χ2v) is 4.65. The number of halogens is 1. The minimum absolute atomic E-state index is 0.106. The predicted molar refractivity (Wildman–Crippen MR) is 78.5 cm³/mol. The lowest BCUT2D eigenvalue weighted by Crippen LogP contribution is -2.17. The maximum atomic E-state index is 13.7. The quantitative estimate of drug-likeness (QED) is 0.918. The highest BCUT2D eigenvalue weighted by Gasteiger charge is 2.13. The van der Waals surface area contributed by atoms with Crippen molar-refractivity contribution >= 4 is 11.7 Å². The fourth-order valence-corrected chi connectivity index (χ4v) is 2.13. The van der Waals surface area contributed by atoms with Crippen LogP contribution in [0.25, 0.3) is 0 Å². The van der Waals surface area contributed by atoms with Crippen LogP contribution in [0.4, 0.5) is 10.1 Å². The number of carbonyl (C=O) groups is 1. The topological polar surface area (TPSA) is 49.8 Å². The summed E-state index contributed by atoms with van der Waals surface area (Å²) in [6.07, 6.45) is 0. The highest BCUT2D eigenvalue weighted by Crippen LogP contribution is 2.23. The molecule has 0 bridgehead atoms. The number of aromatic carboxylic acids is 1. The van der Waals surface area contributed by atoms with Crippen LogP contribution in [0.3, 0.4) is 0 Å². The molecule has 1 N–H and O–H groups in total. The number of benzene rings is 2. The van der Waals surface area contributed by atoms with E-state index in [1.807, 2.05) is 0 Å². The van der Waals surface area contributed by atoms with Gasteiger partial charge in [0.2, 0.25) is 0 Å². The van der Waals surface area contributed by atoms with E-state index in [0.717, 1.165) is 5.56 Å². The van der Waals surface area contributed by atoms with E-state index in [4.69, 9.17) is 9.84 Å². The Morgan fingerprint density at radius 3 is 2.62 bits per heavy atom. The van der Waals surface area contributed by atoms with Gasteiger partial charge < -0.3 is 14.7 Å². The summed E-state index contributed by atoms with van der Waals surface area (Å²) in [5.41, 5.74) is 1.43. The first-order valence-electron chi connectivity index (χ1n) is 6.39. The number of carboxylic acid groups (broad SMARTS) is 1.